The summed E-state index contributed by atoms with van der Waals surface area (Å²) in [6, 6.07) is 19.5. The Balaban J connectivity index is 1.50. The van der Waals surface area contributed by atoms with Gasteiger partial charge in [0.25, 0.3) is 0 Å². The molecule has 0 spiro atoms. The monoisotopic (exact) mass is 386 g/mol. The molecule has 3 nitrogen and oxygen atoms in total. The Kier molecular flexibility index (Phi) is 6.02. The van der Waals surface area contributed by atoms with Crippen molar-refractivity contribution < 1.29 is 4.74 Å². The van der Waals surface area contributed by atoms with Crippen molar-refractivity contribution in [2.75, 3.05) is 13.1 Å². The van der Waals surface area contributed by atoms with Crippen molar-refractivity contribution in [1.82, 2.24) is 4.90 Å². The lowest BCUT2D eigenvalue weighted by Gasteiger charge is -2.38. The Morgan fingerprint density at radius 1 is 1.10 bits per heavy atom. The number of piperidine rings is 1. The highest BCUT2D eigenvalue weighted by Crippen LogP contribution is 2.38. The van der Waals surface area contributed by atoms with Crippen molar-refractivity contribution in [2.45, 2.75) is 56.6 Å². The van der Waals surface area contributed by atoms with Crippen LogP contribution >= 0.6 is 0 Å². The Morgan fingerprint density at radius 3 is 2.48 bits per heavy atom. The van der Waals surface area contributed by atoms with Gasteiger partial charge in [-0.2, -0.15) is 5.26 Å². The van der Waals surface area contributed by atoms with E-state index in [1.54, 1.807) is 0 Å². The van der Waals surface area contributed by atoms with Crippen LogP contribution in [-0.2, 0) is 12.0 Å². The lowest BCUT2D eigenvalue weighted by Crippen LogP contribution is -2.41. The molecule has 150 valence electrons. The predicted molar refractivity (Wildman–Crippen MR) is 118 cm³/mol. The van der Waals surface area contributed by atoms with Gasteiger partial charge in [0.05, 0.1) is 17.6 Å². The van der Waals surface area contributed by atoms with Gasteiger partial charge in [-0.25, -0.2) is 0 Å². The highest BCUT2D eigenvalue weighted by atomic mass is 16.5. The van der Waals surface area contributed by atoms with Crippen LogP contribution in [0.5, 0.6) is 5.75 Å². The lowest BCUT2D eigenvalue weighted by atomic mass is 9.73. The van der Waals surface area contributed by atoms with Gasteiger partial charge in [-0.15, -0.1) is 0 Å². The number of likely N-dealkylation sites (tertiary alicyclic amines) is 1. The molecule has 0 N–H and O–H groups in total. The number of rotatable bonds is 6. The maximum Gasteiger partial charge on any atom is 0.127 e. The zero-order chi connectivity index (χ0) is 20.1. The molecular formula is C26H30N2O. The summed E-state index contributed by atoms with van der Waals surface area (Å²) in [5.74, 6) is 0.894. The third-order valence-electron chi connectivity index (χ3n) is 6.55. The van der Waals surface area contributed by atoms with Gasteiger partial charge in [-0.1, -0.05) is 55.1 Å². The minimum atomic E-state index is -0.430. The molecule has 29 heavy (non-hydrogen) atoms. The molecule has 2 fully saturated rings. The summed E-state index contributed by atoms with van der Waals surface area (Å²) >= 11 is 0. The number of ether oxygens (including phenoxy) is 1. The normalized spacial score (nSPS) is 19.6. The molecule has 0 aromatic heterocycles. The zero-order valence-electron chi connectivity index (χ0n) is 17.1. The molecule has 0 radical (unpaired) electrons. The summed E-state index contributed by atoms with van der Waals surface area (Å²) in [6.45, 7) is 6.77. The van der Waals surface area contributed by atoms with E-state index in [1.165, 1.54) is 18.4 Å². The van der Waals surface area contributed by atoms with Gasteiger partial charge in [-0.05, 0) is 55.7 Å². The van der Waals surface area contributed by atoms with Crippen molar-refractivity contribution in [3.8, 4) is 11.8 Å². The fraction of sp³-hybridized carbons (Fsp3) is 0.423. The fourth-order valence-electron chi connectivity index (χ4n) is 4.69. The summed E-state index contributed by atoms with van der Waals surface area (Å²) < 4.78 is 6.33. The number of hydrogen-bond donors (Lipinski definition) is 0. The van der Waals surface area contributed by atoms with Crippen LogP contribution in [0.3, 0.4) is 0 Å². The fourth-order valence-corrected chi connectivity index (χ4v) is 4.69. The Hall–Kier alpha value is -2.57. The molecule has 0 bridgehead atoms. The number of nitriles is 1. The summed E-state index contributed by atoms with van der Waals surface area (Å²) in [5, 5.41) is 10.1. The van der Waals surface area contributed by atoms with Crippen LogP contribution in [-0.4, -0.2) is 24.1 Å². The predicted octanol–water partition coefficient (Wildman–Crippen LogP) is 5.71. The van der Waals surface area contributed by atoms with Crippen molar-refractivity contribution >= 4 is 6.08 Å². The van der Waals surface area contributed by atoms with Gasteiger partial charge in [-0.3, -0.25) is 4.90 Å². The minimum Gasteiger partial charge on any atom is -0.490 e. The van der Waals surface area contributed by atoms with Gasteiger partial charge < -0.3 is 4.74 Å². The second-order valence-electron chi connectivity index (χ2n) is 8.44. The van der Waals surface area contributed by atoms with Gasteiger partial charge in [0.1, 0.15) is 5.75 Å². The summed E-state index contributed by atoms with van der Waals surface area (Å²) in [6.07, 6.45) is 8.60. The SMILES string of the molecule is C=Cc1ccc(C2(C#N)CCN(Cc3ccccc3)CC2)cc1OC1CCCC1. The lowest BCUT2D eigenvalue weighted by molar-refractivity contribution is 0.178. The molecule has 3 heteroatoms. The van der Waals surface area contributed by atoms with E-state index < -0.39 is 5.41 Å². The molecule has 0 atom stereocenters. The molecule has 1 saturated carbocycles. The van der Waals surface area contributed by atoms with Gasteiger partial charge in [0.15, 0.2) is 0 Å². The second kappa shape index (κ2) is 8.84. The van der Waals surface area contributed by atoms with Crippen LogP contribution < -0.4 is 4.74 Å². The minimum absolute atomic E-state index is 0.301. The first kappa shape index (κ1) is 19.7. The van der Waals surface area contributed by atoms with Crippen molar-refractivity contribution in [1.29, 1.82) is 5.26 Å². The molecule has 2 aromatic rings. The van der Waals surface area contributed by atoms with Crippen LogP contribution in [0.15, 0.2) is 55.1 Å². The molecule has 2 aromatic carbocycles. The second-order valence-corrected chi connectivity index (χ2v) is 8.44. The maximum absolute atomic E-state index is 10.1. The van der Waals surface area contributed by atoms with Crippen molar-refractivity contribution in [2.24, 2.45) is 0 Å². The topological polar surface area (TPSA) is 36.3 Å². The number of benzene rings is 2. The Bertz CT molecular complexity index is 869. The van der Waals surface area contributed by atoms with E-state index in [2.05, 4.69) is 66.1 Å². The molecule has 1 saturated heterocycles. The van der Waals surface area contributed by atoms with Crippen LogP contribution in [0.1, 0.15) is 55.2 Å². The maximum atomic E-state index is 10.1. The van der Waals surface area contributed by atoms with Gasteiger partial charge in [0, 0.05) is 25.2 Å². The zero-order valence-corrected chi connectivity index (χ0v) is 17.1. The Morgan fingerprint density at radius 2 is 1.83 bits per heavy atom. The van der Waals surface area contributed by atoms with Crippen LogP contribution in [0.4, 0.5) is 0 Å². The molecule has 2 aliphatic rings. The van der Waals surface area contributed by atoms with E-state index in [4.69, 9.17) is 4.74 Å². The Labute approximate surface area is 174 Å². The van der Waals surface area contributed by atoms with E-state index in [9.17, 15) is 5.26 Å². The van der Waals surface area contributed by atoms with E-state index in [0.717, 1.165) is 62.2 Å². The smallest absolute Gasteiger partial charge is 0.127 e. The summed E-state index contributed by atoms with van der Waals surface area (Å²) in [4.78, 5) is 2.46. The first-order chi connectivity index (χ1) is 14.2. The van der Waals surface area contributed by atoms with Crippen molar-refractivity contribution in [3.63, 3.8) is 0 Å². The highest BCUT2D eigenvalue weighted by Gasteiger charge is 2.37. The molecule has 0 amide bonds. The van der Waals surface area contributed by atoms with E-state index in [1.807, 2.05) is 6.08 Å². The van der Waals surface area contributed by atoms with Crippen LogP contribution in [0.2, 0.25) is 0 Å². The molecule has 0 unspecified atom stereocenters. The highest BCUT2D eigenvalue weighted by molar-refractivity contribution is 5.58. The number of hydrogen-bond acceptors (Lipinski definition) is 3. The average Bonchev–Trinajstić information content (AvgIpc) is 3.28. The molecule has 4 rings (SSSR count). The quantitative estimate of drug-likeness (QED) is 0.638. The van der Waals surface area contributed by atoms with Crippen LogP contribution in [0.25, 0.3) is 6.08 Å². The largest absolute Gasteiger partial charge is 0.490 e. The molecule has 1 heterocycles. The van der Waals surface area contributed by atoms with E-state index in [0.29, 0.717) is 6.10 Å². The molecule has 1 aliphatic heterocycles. The third-order valence-corrected chi connectivity index (χ3v) is 6.55. The van der Waals surface area contributed by atoms with E-state index >= 15 is 0 Å². The van der Waals surface area contributed by atoms with Gasteiger partial charge >= 0.3 is 0 Å². The standard InChI is InChI=1S/C26H30N2O/c1-2-22-12-13-23(18-25(22)29-24-10-6-7-11-24)26(20-27)14-16-28(17-15-26)19-21-8-4-3-5-9-21/h2-5,8-9,12-13,18,24H,1,6-7,10-11,14-17,19H2. The van der Waals surface area contributed by atoms with E-state index in [-0.39, 0.29) is 0 Å². The first-order valence-electron chi connectivity index (χ1n) is 10.8. The first-order valence-corrected chi connectivity index (χ1v) is 10.8. The summed E-state index contributed by atoms with van der Waals surface area (Å²) in [5.41, 5.74) is 3.02. The number of nitrogens with zero attached hydrogens (tertiary/aromatic N) is 2. The molecular weight excluding hydrogens is 356 g/mol. The molecule has 1 aliphatic carbocycles. The van der Waals surface area contributed by atoms with Gasteiger partial charge in [0.2, 0.25) is 0 Å². The third kappa shape index (κ3) is 4.38. The van der Waals surface area contributed by atoms with Crippen LogP contribution in [0, 0.1) is 11.3 Å². The average molecular weight is 387 g/mol. The summed E-state index contributed by atoms with van der Waals surface area (Å²) in [7, 11) is 0. The van der Waals surface area contributed by atoms with Crippen molar-refractivity contribution in [3.05, 3.63) is 71.8 Å².